The number of carbonyl (C=O) groups excluding carboxylic acids is 1. The molecule has 0 saturated heterocycles. The monoisotopic (exact) mass is 278 g/mol. The van der Waals surface area contributed by atoms with Crippen molar-refractivity contribution in [3.63, 3.8) is 0 Å². The van der Waals surface area contributed by atoms with E-state index in [2.05, 4.69) is 6.92 Å². The summed E-state index contributed by atoms with van der Waals surface area (Å²) in [5.41, 5.74) is 0. The van der Waals surface area contributed by atoms with Crippen LogP contribution >= 0.6 is 0 Å². The fraction of sp³-hybridized carbons (Fsp3) is 0.947. The maximum Gasteiger partial charge on any atom is 0.120 e. The van der Waals surface area contributed by atoms with E-state index in [4.69, 9.17) is 0 Å². The molecule has 0 amide bonds. The Balaban J connectivity index is 1.56. The molecule has 0 bridgehead atoms. The SMILES string of the molecule is CCCC1CCC(CCC2CCC(CC=O)CC2)CC1. The van der Waals surface area contributed by atoms with Gasteiger partial charge in [0.1, 0.15) is 6.29 Å². The van der Waals surface area contributed by atoms with Gasteiger partial charge in [-0.3, -0.25) is 0 Å². The average Bonchev–Trinajstić information content (AvgIpc) is 2.49. The van der Waals surface area contributed by atoms with E-state index in [0.717, 1.165) is 30.5 Å². The fourth-order valence-electron chi connectivity index (χ4n) is 4.58. The predicted molar refractivity (Wildman–Crippen MR) is 85.7 cm³/mol. The van der Waals surface area contributed by atoms with Crippen LogP contribution < -0.4 is 0 Å². The third kappa shape index (κ3) is 5.22. The Morgan fingerprint density at radius 3 is 1.50 bits per heavy atom. The van der Waals surface area contributed by atoms with Crippen LogP contribution in [0.3, 0.4) is 0 Å². The van der Waals surface area contributed by atoms with Crippen molar-refractivity contribution in [3.8, 4) is 0 Å². The van der Waals surface area contributed by atoms with E-state index >= 15 is 0 Å². The molecule has 2 fully saturated rings. The predicted octanol–water partition coefficient (Wildman–Crippen LogP) is 5.77. The van der Waals surface area contributed by atoms with Crippen molar-refractivity contribution in [1.82, 2.24) is 0 Å². The molecule has 2 aliphatic rings. The third-order valence-electron chi connectivity index (χ3n) is 6.04. The largest absolute Gasteiger partial charge is 0.303 e. The molecule has 1 nitrogen and oxygen atoms in total. The quantitative estimate of drug-likeness (QED) is 0.540. The Hall–Kier alpha value is -0.330. The minimum atomic E-state index is 0.716. The molecular weight excluding hydrogens is 244 g/mol. The van der Waals surface area contributed by atoms with Crippen molar-refractivity contribution in [2.24, 2.45) is 23.7 Å². The van der Waals surface area contributed by atoms with Gasteiger partial charge in [0.25, 0.3) is 0 Å². The molecule has 0 aromatic heterocycles. The molecule has 0 atom stereocenters. The Labute approximate surface area is 125 Å². The molecule has 0 aliphatic heterocycles. The molecule has 0 heterocycles. The summed E-state index contributed by atoms with van der Waals surface area (Å²) in [7, 11) is 0. The van der Waals surface area contributed by atoms with Crippen LogP contribution in [0.2, 0.25) is 0 Å². The first-order valence-corrected chi connectivity index (χ1v) is 9.25. The van der Waals surface area contributed by atoms with Crippen LogP contribution in [0.15, 0.2) is 0 Å². The van der Waals surface area contributed by atoms with Crippen LogP contribution in [-0.4, -0.2) is 6.29 Å². The smallest absolute Gasteiger partial charge is 0.120 e. The molecule has 0 N–H and O–H groups in total. The highest BCUT2D eigenvalue weighted by atomic mass is 16.1. The molecule has 0 spiro atoms. The molecule has 116 valence electrons. The molecule has 0 aromatic carbocycles. The van der Waals surface area contributed by atoms with Gasteiger partial charge in [0.2, 0.25) is 0 Å². The van der Waals surface area contributed by atoms with E-state index in [1.807, 2.05) is 0 Å². The van der Waals surface area contributed by atoms with Crippen molar-refractivity contribution in [2.45, 2.75) is 90.4 Å². The van der Waals surface area contributed by atoms with E-state index in [0.29, 0.717) is 5.92 Å². The summed E-state index contributed by atoms with van der Waals surface area (Å²) < 4.78 is 0. The summed E-state index contributed by atoms with van der Waals surface area (Å²) in [4.78, 5) is 10.6. The topological polar surface area (TPSA) is 17.1 Å². The average molecular weight is 278 g/mol. The van der Waals surface area contributed by atoms with Gasteiger partial charge in [0.15, 0.2) is 0 Å². The van der Waals surface area contributed by atoms with Crippen LogP contribution in [0.25, 0.3) is 0 Å². The van der Waals surface area contributed by atoms with Gasteiger partial charge in [-0.25, -0.2) is 0 Å². The van der Waals surface area contributed by atoms with E-state index in [1.54, 1.807) is 0 Å². The van der Waals surface area contributed by atoms with Gasteiger partial charge in [-0.2, -0.15) is 0 Å². The van der Waals surface area contributed by atoms with Crippen molar-refractivity contribution in [3.05, 3.63) is 0 Å². The van der Waals surface area contributed by atoms with E-state index in [9.17, 15) is 4.79 Å². The lowest BCUT2D eigenvalue weighted by Crippen LogP contribution is -2.18. The zero-order valence-electron chi connectivity index (χ0n) is 13.5. The maximum atomic E-state index is 10.6. The van der Waals surface area contributed by atoms with Gasteiger partial charge in [0, 0.05) is 6.42 Å². The zero-order valence-corrected chi connectivity index (χ0v) is 13.5. The lowest BCUT2D eigenvalue weighted by molar-refractivity contribution is -0.108. The first-order chi connectivity index (χ1) is 9.81. The number of aldehydes is 1. The minimum absolute atomic E-state index is 0.716. The van der Waals surface area contributed by atoms with Gasteiger partial charge >= 0.3 is 0 Å². The van der Waals surface area contributed by atoms with Gasteiger partial charge in [-0.15, -0.1) is 0 Å². The molecule has 2 aliphatic carbocycles. The van der Waals surface area contributed by atoms with E-state index in [-0.39, 0.29) is 0 Å². The summed E-state index contributed by atoms with van der Waals surface area (Å²) >= 11 is 0. The highest BCUT2D eigenvalue weighted by Gasteiger charge is 2.24. The number of rotatable bonds is 7. The van der Waals surface area contributed by atoms with Crippen molar-refractivity contribution in [1.29, 1.82) is 0 Å². The molecule has 2 rings (SSSR count). The van der Waals surface area contributed by atoms with E-state index in [1.165, 1.54) is 77.0 Å². The highest BCUT2D eigenvalue weighted by molar-refractivity contribution is 5.49. The fourth-order valence-corrected chi connectivity index (χ4v) is 4.58. The minimum Gasteiger partial charge on any atom is -0.303 e. The Kier molecular flexibility index (Phi) is 7.10. The van der Waals surface area contributed by atoms with Gasteiger partial charge in [-0.1, -0.05) is 71.1 Å². The Bertz CT molecular complexity index is 257. The Morgan fingerprint density at radius 1 is 0.700 bits per heavy atom. The molecule has 20 heavy (non-hydrogen) atoms. The lowest BCUT2D eigenvalue weighted by atomic mass is 9.74. The van der Waals surface area contributed by atoms with Crippen molar-refractivity contribution >= 4 is 6.29 Å². The molecule has 0 radical (unpaired) electrons. The third-order valence-corrected chi connectivity index (χ3v) is 6.04. The molecule has 1 heteroatoms. The summed E-state index contributed by atoms with van der Waals surface area (Å²) in [5.74, 6) is 3.78. The number of carbonyl (C=O) groups is 1. The molecule has 0 aromatic rings. The number of hydrogen-bond donors (Lipinski definition) is 0. The Morgan fingerprint density at radius 2 is 1.10 bits per heavy atom. The zero-order chi connectivity index (χ0) is 14.2. The first-order valence-electron chi connectivity index (χ1n) is 9.25. The van der Waals surface area contributed by atoms with Crippen molar-refractivity contribution in [2.75, 3.05) is 0 Å². The molecule has 2 saturated carbocycles. The second kappa shape index (κ2) is 8.85. The van der Waals surface area contributed by atoms with E-state index < -0.39 is 0 Å². The maximum absolute atomic E-state index is 10.6. The van der Waals surface area contributed by atoms with Crippen LogP contribution in [0.5, 0.6) is 0 Å². The standard InChI is InChI=1S/C19H34O/c1-2-3-16-4-6-17(7-5-16)8-9-18-10-12-19(13-11-18)14-15-20/h15-19H,2-14H2,1H3. The molecular formula is C19H34O. The summed E-state index contributed by atoms with van der Waals surface area (Å²) in [6.45, 7) is 2.33. The van der Waals surface area contributed by atoms with Gasteiger partial charge in [0.05, 0.1) is 0 Å². The summed E-state index contributed by atoms with van der Waals surface area (Å²) in [6.07, 6.45) is 19.2. The van der Waals surface area contributed by atoms with Crippen molar-refractivity contribution < 1.29 is 4.79 Å². The van der Waals surface area contributed by atoms with Crippen LogP contribution in [0.4, 0.5) is 0 Å². The van der Waals surface area contributed by atoms with Crippen LogP contribution in [-0.2, 0) is 4.79 Å². The van der Waals surface area contributed by atoms with Crippen LogP contribution in [0.1, 0.15) is 90.4 Å². The summed E-state index contributed by atoms with van der Waals surface area (Å²) in [5, 5.41) is 0. The van der Waals surface area contributed by atoms with Gasteiger partial charge in [-0.05, 0) is 36.5 Å². The highest BCUT2D eigenvalue weighted by Crippen LogP contribution is 2.37. The summed E-state index contributed by atoms with van der Waals surface area (Å²) in [6, 6.07) is 0. The number of hydrogen-bond acceptors (Lipinski definition) is 1. The normalized spacial score (nSPS) is 34.9. The molecule has 0 unspecified atom stereocenters. The van der Waals surface area contributed by atoms with Gasteiger partial charge < -0.3 is 4.79 Å². The lowest BCUT2D eigenvalue weighted by Gasteiger charge is -2.31. The first kappa shape index (κ1) is 16.0. The van der Waals surface area contributed by atoms with Crippen LogP contribution in [0, 0.1) is 23.7 Å². The second-order valence-corrected chi connectivity index (χ2v) is 7.54. The second-order valence-electron chi connectivity index (χ2n) is 7.54.